The van der Waals surface area contributed by atoms with Gasteiger partial charge in [-0.25, -0.2) is 0 Å². The number of esters is 1. The largest absolute Gasteiger partial charge is 0.459 e. The van der Waals surface area contributed by atoms with Crippen molar-refractivity contribution in [3.8, 4) is 5.75 Å². The van der Waals surface area contributed by atoms with Crippen LogP contribution in [0.2, 0.25) is 0 Å². The number of carbonyl (C=O) groups excluding carboxylic acids is 3. The highest BCUT2D eigenvalue weighted by Gasteiger charge is 2.35. The van der Waals surface area contributed by atoms with Crippen LogP contribution in [0.1, 0.15) is 30.3 Å². The fourth-order valence-electron chi connectivity index (χ4n) is 2.85. The Morgan fingerprint density at radius 2 is 2.00 bits per heavy atom. The van der Waals surface area contributed by atoms with Gasteiger partial charge in [0.25, 0.3) is 5.91 Å². The summed E-state index contributed by atoms with van der Waals surface area (Å²) in [7, 11) is 0. The number of benzene rings is 1. The third-order valence-corrected chi connectivity index (χ3v) is 3.95. The van der Waals surface area contributed by atoms with Crippen LogP contribution in [0.25, 0.3) is 0 Å². The summed E-state index contributed by atoms with van der Waals surface area (Å²) < 4.78 is 10.2. The molecule has 0 spiro atoms. The van der Waals surface area contributed by atoms with Crippen molar-refractivity contribution in [2.45, 2.75) is 25.8 Å². The van der Waals surface area contributed by atoms with Gasteiger partial charge in [-0.15, -0.1) is 0 Å². The Kier molecular flexibility index (Phi) is 4.83. The fraction of sp³-hybridized carbons (Fsp3) is 0.278. The van der Waals surface area contributed by atoms with E-state index in [4.69, 9.17) is 9.15 Å². The van der Waals surface area contributed by atoms with Crippen LogP contribution in [0.5, 0.6) is 5.75 Å². The minimum Gasteiger partial charge on any atom is -0.459 e. The summed E-state index contributed by atoms with van der Waals surface area (Å²) in [5, 5.41) is 2.75. The topological polar surface area (TPSA) is 88.9 Å². The number of ether oxygens (including phenoxy) is 1. The zero-order valence-corrected chi connectivity index (χ0v) is 13.7. The van der Waals surface area contributed by atoms with Crippen LogP contribution in [0.15, 0.2) is 47.1 Å². The molecule has 2 aromatic rings. The molecule has 1 N–H and O–H groups in total. The summed E-state index contributed by atoms with van der Waals surface area (Å²) in [6.45, 7) is 1.78. The highest BCUT2D eigenvalue weighted by molar-refractivity contribution is 6.01. The normalized spacial score (nSPS) is 16.5. The highest BCUT2D eigenvalue weighted by Crippen LogP contribution is 2.26. The van der Waals surface area contributed by atoms with E-state index in [2.05, 4.69) is 5.32 Å². The zero-order valence-electron chi connectivity index (χ0n) is 13.7. The quantitative estimate of drug-likeness (QED) is 0.681. The molecule has 2 amide bonds. The molecular formula is C18H18N2O5. The fourth-order valence-corrected chi connectivity index (χ4v) is 2.85. The first-order valence-electron chi connectivity index (χ1n) is 7.99. The van der Waals surface area contributed by atoms with E-state index in [0.29, 0.717) is 18.7 Å². The van der Waals surface area contributed by atoms with Gasteiger partial charge in [0, 0.05) is 13.5 Å². The van der Waals surface area contributed by atoms with Gasteiger partial charge in [0.05, 0.1) is 12.0 Å². The number of rotatable bonds is 4. The summed E-state index contributed by atoms with van der Waals surface area (Å²) in [5.41, 5.74) is 0.389. The molecule has 1 saturated heterocycles. The average Bonchev–Trinajstić information content (AvgIpc) is 3.27. The minimum absolute atomic E-state index is 0.208. The van der Waals surface area contributed by atoms with E-state index < -0.39 is 12.0 Å². The third-order valence-electron chi connectivity index (χ3n) is 3.95. The molecule has 1 fully saturated rings. The predicted molar refractivity (Wildman–Crippen MR) is 89.1 cm³/mol. The van der Waals surface area contributed by atoms with Gasteiger partial charge in [-0.2, -0.15) is 0 Å². The van der Waals surface area contributed by atoms with Gasteiger partial charge in [0.2, 0.25) is 5.91 Å². The van der Waals surface area contributed by atoms with Crippen molar-refractivity contribution in [2.75, 3.05) is 11.9 Å². The molecule has 1 aromatic heterocycles. The van der Waals surface area contributed by atoms with E-state index in [-0.39, 0.29) is 23.3 Å². The summed E-state index contributed by atoms with van der Waals surface area (Å²) in [6.07, 6.45) is 2.72. The monoisotopic (exact) mass is 342 g/mol. The van der Waals surface area contributed by atoms with E-state index in [1.54, 1.807) is 36.4 Å². The van der Waals surface area contributed by atoms with Crippen LogP contribution in [-0.4, -0.2) is 35.3 Å². The van der Waals surface area contributed by atoms with Crippen molar-refractivity contribution < 1.29 is 23.5 Å². The second-order valence-corrected chi connectivity index (χ2v) is 5.71. The van der Waals surface area contributed by atoms with Crippen molar-refractivity contribution in [1.29, 1.82) is 0 Å². The number of anilines is 1. The number of hydrogen-bond donors (Lipinski definition) is 1. The molecule has 2 heterocycles. The Morgan fingerprint density at radius 3 is 2.72 bits per heavy atom. The number of para-hydroxylation sites is 2. The average molecular weight is 342 g/mol. The Balaban J connectivity index is 1.75. The number of furan rings is 1. The van der Waals surface area contributed by atoms with Crippen molar-refractivity contribution in [1.82, 2.24) is 4.90 Å². The standard InChI is InChI=1S/C18H18N2O5/c1-12(21)25-15-8-3-2-6-13(15)19-17(22)14-7-4-10-20(14)18(23)16-9-5-11-24-16/h2-3,5-6,8-9,11,14H,4,7,10H2,1H3,(H,19,22)/t14-/m1/s1. The summed E-state index contributed by atoms with van der Waals surface area (Å²) >= 11 is 0. The molecule has 0 unspecified atom stereocenters. The van der Waals surface area contributed by atoms with Crippen LogP contribution < -0.4 is 10.1 Å². The summed E-state index contributed by atoms with van der Waals surface area (Å²) in [4.78, 5) is 37.8. The van der Waals surface area contributed by atoms with Crippen molar-refractivity contribution in [2.24, 2.45) is 0 Å². The lowest BCUT2D eigenvalue weighted by Gasteiger charge is -2.23. The van der Waals surface area contributed by atoms with Gasteiger partial charge in [0.15, 0.2) is 11.5 Å². The summed E-state index contributed by atoms with van der Waals surface area (Å²) in [6, 6.07) is 9.28. The van der Waals surface area contributed by atoms with Gasteiger partial charge >= 0.3 is 5.97 Å². The molecule has 130 valence electrons. The molecule has 1 atom stereocenters. The van der Waals surface area contributed by atoms with Crippen LogP contribution in [-0.2, 0) is 9.59 Å². The van der Waals surface area contributed by atoms with Crippen LogP contribution in [0.3, 0.4) is 0 Å². The molecule has 0 saturated carbocycles. The van der Waals surface area contributed by atoms with E-state index in [0.717, 1.165) is 6.42 Å². The van der Waals surface area contributed by atoms with Crippen LogP contribution >= 0.6 is 0 Å². The molecular weight excluding hydrogens is 324 g/mol. The Labute approximate surface area is 144 Å². The Hall–Kier alpha value is -3.09. The first-order chi connectivity index (χ1) is 12.1. The van der Waals surface area contributed by atoms with E-state index in [1.165, 1.54) is 18.1 Å². The van der Waals surface area contributed by atoms with Gasteiger partial charge < -0.3 is 19.4 Å². The third kappa shape index (κ3) is 3.71. The maximum Gasteiger partial charge on any atom is 0.308 e. The highest BCUT2D eigenvalue weighted by atomic mass is 16.5. The SMILES string of the molecule is CC(=O)Oc1ccccc1NC(=O)[C@H]1CCCN1C(=O)c1ccco1. The summed E-state index contributed by atoms with van der Waals surface area (Å²) in [5.74, 6) is -0.629. The van der Waals surface area contributed by atoms with Crippen molar-refractivity contribution in [3.63, 3.8) is 0 Å². The van der Waals surface area contributed by atoms with Crippen LogP contribution in [0.4, 0.5) is 5.69 Å². The van der Waals surface area contributed by atoms with E-state index in [1.807, 2.05) is 0 Å². The number of nitrogens with zero attached hydrogens (tertiary/aromatic N) is 1. The Bertz CT molecular complexity index is 785. The molecule has 25 heavy (non-hydrogen) atoms. The number of hydrogen-bond acceptors (Lipinski definition) is 5. The zero-order chi connectivity index (χ0) is 17.8. The lowest BCUT2D eigenvalue weighted by atomic mass is 10.2. The molecule has 0 aliphatic carbocycles. The second kappa shape index (κ2) is 7.21. The van der Waals surface area contributed by atoms with Gasteiger partial charge in [-0.1, -0.05) is 12.1 Å². The lowest BCUT2D eigenvalue weighted by Crippen LogP contribution is -2.43. The maximum absolute atomic E-state index is 12.7. The molecule has 3 rings (SSSR count). The van der Waals surface area contributed by atoms with Gasteiger partial charge in [0.1, 0.15) is 6.04 Å². The number of carbonyl (C=O) groups is 3. The molecule has 0 bridgehead atoms. The van der Waals surface area contributed by atoms with Gasteiger partial charge in [-0.05, 0) is 37.1 Å². The van der Waals surface area contributed by atoms with Crippen LogP contribution in [0, 0.1) is 0 Å². The predicted octanol–water partition coefficient (Wildman–Crippen LogP) is 2.45. The molecule has 0 radical (unpaired) electrons. The van der Waals surface area contributed by atoms with E-state index in [9.17, 15) is 14.4 Å². The molecule has 7 nitrogen and oxygen atoms in total. The van der Waals surface area contributed by atoms with Gasteiger partial charge in [-0.3, -0.25) is 14.4 Å². The number of amides is 2. The van der Waals surface area contributed by atoms with Crippen molar-refractivity contribution >= 4 is 23.5 Å². The molecule has 1 aliphatic rings. The molecule has 1 aromatic carbocycles. The van der Waals surface area contributed by atoms with Crippen molar-refractivity contribution in [3.05, 3.63) is 48.4 Å². The van der Waals surface area contributed by atoms with E-state index >= 15 is 0 Å². The first kappa shape index (κ1) is 16.8. The Morgan fingerprint density at radius 1 is 1.20 bits per heavy atom. The minimum atomic E-state index is -0.594. The molecule has 7 heteroatoms. The number of likely N-dealkylation sites (tertiary alicyclic amines) is 1. The molecule has 1 aliphatic heterocycles. The smallest absolute Gasteiger partial charge is 0.308 e. The number of nitrogens with one attached hydrogen (secondary N) is 1. The maximum atomic E-state index is 12.7. The lowest BCUT2D eigenvalue weighted by molar-refractivity contribution is -0.132. The second-order valence-electron chi connectivity index (χ2n) is 5.71. The first-order valence-corrected chi connectivity index (χ1v) is 7.99.